The van der Waals surface area contributed by atoms with Crippen LogP contribution >= 0.6 is 0 Å². The maximum atomic E-state index is 13.5. The lowest BCUT2D eigenvalue weighted by atomic mass is 9.91. The maximum Gasteiger partial charge on any atom is 0.254 e. The number of aliphatic hydroxyl groups excluding tert-OH is 1. The SMILES string of the molecule is COc1cc(C(C(=O)N2C[C@H](O)C[C@H]2c2nc3ccccc3[nH]2)C(C)C)on1. The smallest absolute Gasteiger partial charge is 0.254 e. The van der Waals surface area contributed by atoms with Crippen molar-refractivity contribution in [2.45, 2.75) is 38.3 Å². The lowest BCUT2D eigenvalue weighted by Crippen LogP contribution is -2.37. The highest BCUT2D eigenvalue weighted by Crippen LogP contribution is 2.37. The molecule has 0 saturated carbocycles. The Bertz CT molecular complexity index is 946. The molecule has 1 saturated heterocycles. The Morgan fingerprint density at radius 2 is 2.18 bits per heavy atom. The Hall–Kier alpha value is -2.87. The third-order valence-corrected chi connectivity index (χ3v) is 5.24. The van der Waals surface area contributed by atoms with Gasteiger partial charge in [0.15, 0.2) is 5.76 Å². The molecule has 0 spiro atoms. The molecule has 1 amide bonds. The number of rotatable bonds is 5. The number of para-hydroxylation sites is 2. The van der Waals surface area contributed by atoms with Crippen molar-refractivity contribution < 1.29 is 19.2 Å². The maximum absolute atomic E-state index is 13.5. The normalized spacial score (nSPS) is 20.8. The van der Waals surface area contributed by atoms with E-state index in [4.69, 9.17) is 9.26 Å². The fourth-order valence-electron chi connectivity index (χ4n) is 3.88. The summed E-state index contributed by atoms with van der Waals surface area (Å²) in [6.45, 7) is 4.18. The molecule has 0 aliphatic carbocycles. The van der Waals surface area contributed by atoms with Crippen LogP contribution in [-0.4, -0.2) is 50.8 Å². The van der Waals surface area contributed by atoms with Crippen LogP contribution in [-0.2, 0) is 4.79 Å². The van der Waals surface area contributed by atoms with Crippen LogP contribution in [0.25, 0.3) is 11.0 Å². The van der Waals surface area contributed by atoms with E-state index in [1.807, 2.05) is 38.1 Å². The van der Waals surface area contributed by atoms with E-state index in [-0.39, 0.29) is 24.4 Å². The minimum Gasteiger partial charge on any atom is -0.479 e. The molecule has 1 fully saturated rings. The van der Waals surface area contributed by atoms with Gasteiger partial charge in [0.2, 0.25) is 5.91 Å². The molecule has 1 unspecified atom stereocenters. The van der Waals surface area contributed by atoms with E-state index in [2.05, 4.69) is 15.1 Å². The first-order valence-electron chi connectivity index (χ1n) is 9.41. The van der Waals surface area contributed by atoms with Crippen LogP contribution in [0.15, 0.2) is 34.9 Å². The molecule has 8 nitrogen and oxygen atoms in total. The number of nitrogens with one attached hydrogen (secondary N) is 1. The number of likely N-dealkylation sites (tertiary alicyclic amines) is 1. The monoisotopic (exact) mass is 384 g/mol. The minimum absolute atomic E-state index is 0.0146. The van der Waals surface area contributed by atoms with Crippen LogP contribution in [0.5, 0.6) is 5.88 Å². The van der Waals surface area contributed by atoms with Crippen molar-refractivity contribution in [3.05, 3.63) is 41.9 Å². The van der Waals surface area contributed by atoms with E-state index in [0.717, 1.165) is 11.0 Å². The zero-order valence-corrected chi connectivity index (χ0v) is 16.1. The van der Waals surface area contributed by atoms with E-state index >= 15 is 0 Å². The van der Waals surface area contributed by atoms with E-state index in [1.165, 1.54) is 7.11 Å². The molecule has 28 heavy (non-hydrogen) atoms. The number of H-pyrrole nitrogens is 1. The summed E-state index contributed by atoms with van der Waals surface area (Å²) >= 11 is 0. The second-order valence-electron chi connectivity index (χ2n) is 7.53. The van der Waals surface area contributed by atoms with Crippen molar-refractivity contribution in [3.8, 4) is 5.88 Å². The summed E-state index contributed by atoms with van der Waals surface area (Å²) in [4.78, 5) is 23.1. The Balaban J connectivity index is 1.66. The third-order valence-electron chi connectivity index (χ3n) is 5.24. The summed E-state index contributed by atoms with van der Waals surface area (Å²) in [7, 11) is 1.50. The van der Waals surface area contributed by atoms with Gasteiger partial charge in [0.25, 0.3) is 5.88 Å². The molecule has 0 bridgehead atoms. The number of hydrogen-bond acceptors (Lipinski definition) is 6. The number of carbonyl (C=O) groups is 1. The molecule has 148 valence electrons. The van der Waals surface area contributed by atoms with Gasteiger partial charge >= 0.3 is 0 Å². The lowest BCUT2D eigenvalue weighted by Gasteiger charge is -2.28. The average Bonchev–Trinajstić information content (AvgIpc) is 3.38. The van der Waals surface area contributed by atoms with Crippen LogP contribution in [0.1, 0.15) is 43.8 Å². The average molecular weight is 384 g/mol. The van der Waals surface area contributed by atoms with E-state index < -0.39 is 12.0 Å². The number of methoxy groups -OCH3 is 1. The Labute approximate surface area is 162 Å². The first-order chi connectivity index (χ1) is 13.5. The van der Waals surface area contributed by atoms with Crippen LogP contribution in [0.3, 0.4) is 0 Å². The zero-order valence-electron chi connectivity index (χ0n) is 16.1. The van der Waals surface area contributed by atoms with Gasteiger partial charge in [-0.05, 0) is 23.2 Å². The summed E-state index contributed by atoms with van der Waals surface area (Å²) in [6.07, 6.45) is -0.157. The number of aromatic amines is 1. The fraction of sp³-hybridized carbons (Fsp3) is 0.450. The number of β-amino-alcohol motifs (C(OH)–C–C–N with tert-alkyl or cyclic N) is 1. The van der Waals surface area contributed by atoms with Gasteiger partial charge in [0.1, 0.15) is 11.7 Å². The number of nitrogens with zero attached hydrogens (tertiary/aromatic N) is 3. The molecule has 4 rings (SSSR count). The Morgan fingerprint density at radius 3 is 2.86 bits per heavy atom. The highest BCUT2D eigenvalue weighted by molar-refractivity contribution is 5.84. The summed E-state index contributed by atoms with van der Waals surface area (Å²) in [5.74, 6) is 0.831. The van der Waals surface area contributed by atoms with Crippen molar-refractivity contribution in [1.82, 2.24) is 20.0 Å². The predicted molar refractivity (Wildman–Crippen MR) is 102 cm³/mol. The van der Waals surface area contributed by atoms with Crippen molar-refractivity contribution in [2.75, 3.05) is 13.7 Å². The molecule has 3 atom stereocenters. The number of ether oxygens (including phenoxy) is 1. The summed E-state index contributed by atoms with van der Waals surface area (Å²) in [6, 6.07) is 9.05. The van der Waals surface area contributed by atoms with Gasteiger partial charge in [-0.2, -0.15) is 0 Å². The lowest BCUT2D eigenvalue weighted by molar-refractivity contribution is -0.135. The molecule has 1 aromatic carbocycles. The fourth-order valence-corrected chi connectivity index (χ4v) is 3.88. The molecule has 8 heteroatoms. The van der Waals surface area contributed by atoms with Gasteiger partial charge in [-0.3, -0.25) is 4.79 Å². The van der Waals surface area contributed by atoms with Crippen molar-refractivity contribution in [1.29, 1.82) is 0 Å². The van der Waals surface area contributed by atoms with Crippen molar-refractivity contribution >= 4 is 16.9 Å². The van der Waals surface area contributed by atoms with Crippen molar-refractivity contribution in [3.63, 3.8) is 0 Å². The zero-order chi connectivity index (χ0) is 19.8. The van der Waals surface area contributed by atoms with Crippen LogP contribution in [0.4, 0.5) is 0 Å². The van der Waals surface area contributed by atoms with E-state index in [9.17, 15) is 9.90 Å². The van der Waals surface area contributed by atoms with E-state index in [1.54, 1.807) is 11.0 Å². The van der Waals surface area contributed by atoms with Crippen LogP contribution in [0, 0.1) is 5.92 Å². The second-order valence-corrected chi connectivity index (χ2v) is 7.53. The molecule has 0 radical (unpaired) electrons. The quantitative estimate of drug-likeness (QED) is 0.701. The summed E-state index contributed by atoms with van der Waals surface area (Å²) < 4.78 is 10.5. The molecular weight excluding hydrogens is 360 g/mol. The first kappa shape index (κ1) is 18.5. The topological polar surface area (TPSA) is 104 Å². The number of benzene rings is 1. The van der Waals surface area contributed by atoms with Gasteiger partial charge in [-0.25, -0.2) is 4.98 Å². The number of carbonyl (C=O) groups excluding carboxylic acids is 1. The molecule has 2 N–H and O–H groups in total. The molecule has 3 heterocycles. The number of aliphatic hydroxyl groups is 1. The number of aromatic nitrogens is 3. The minimum atomic E-state index is -0.598. The Morgan fingerprint density at radius 1 is 1.39 bits per heavy atom. The molecule has 1 aliphatic heterocycles. The summed E-state index contributed by atoms with van der Waals surface area (Å²) in [5.41, 5.74) is 1.75. The third kappa shape index (κ3) is 3.24. The molecule has 1 aliphatic rings. The standard InChI is InChI=1S/C20H24N4O4/c1-11(2)18(16-9-17(27-3)23-28-16)20(26)24-10-12(25)8-15(24)19-21-13-6-4-5-7-14(13)22-19/h4-7,9,11-12,15,18,25H,8,10H2,1-3H3,(H,21,22)/t12-,15+,18?/m1/s1. The second kappa shape index (κ2) is 7.27. The number of imidazole rings is 1. The number of fused-ring (bicyclic) bond motifs is 1. The largest absolute Gasteiger partial charge is 0.479 e. The molecule has 3 aromatic rings. The van der Waals surface area contributed by atoms with Gasteiger partial charge in [0.05, 0.1) is 30.3 Å². The van der Waals surface area contributed by atoms with Gasteiger partial charge < -0.3 is 24.3 Å². The van der Waals surface area contributed by atoms with Gasteiger partial charge in [-0.1, -0.05) is 26.0 Å². The molecule has 2 aromatic heterocycles. The van der Waals surface area contributed by atoms with E-state index in [0.29, 0.717) is 23.9 Å². The van der Waals surface area contributed by atoms with Crippen LogP contribution < -0.4 is 4.74 Å². The number of amides is 1. The van der Waals surface area contributed by atoms with Gasteiger partial charge in [0, 0.05) is 19.0 Å². The number of hydrogen-bond donors (Lipinski definition) is 2. The van der Waals surface area contributed by atoms with Crippen molar-refractivity contribution in [2.24, 2.45) is 5.92 Å². The molecular formula is C20H24N4O4. The predicted octanol–water partition coefficient (Wildman–Crippen LogP) is 2.63. The summed E-state index contributed by atoms with van der Waals surface area (Å²) in [5, 5.41) is 14.1. The van der Waals surface area contributed by atoms with Crippen LogP contribution in [0.2, 0.25) is 0 Å². The highest BCUT2D eigenvalue weighted by atomic mass is 16.5. The Kier molecular flexibility index (Phi) is 4.80. The highest BCUT2D eigenvalue weighted by Gasteiger charge is 2.42. The first-order valence-corrected chi connectivity index (χ1v) is 9.41. The van der Waals surface area contributed by atoms with Gasteiger partial charge in [-0.15, -0.1) is 0 Å².